The Balaban J connectivity index is 1.67. The van der Waals surface area contributed by atoms with E-state index in [-0.39, 0.29) is 31.7 Å². The van der Waals surface area contributed by atoms with E-state index in [1.54, 1.807) is 0 Å². The second-order valence-corrected chi connectivity index (χ2v) is 8.19. The third-order valence-electron chi connectivity index (χ3n) is 4.38. The lowest BCUT2D eigenvalue weighted by Crippen LogP contribution is -2.50. The van der Waals surface area contributed by atoms with E-state index >= 15 is 0 Å². The summed E-state index contributed by atoms with van der Waals surface area (Å²) in [5.74, 6) is -3.44. The van der Waals surface area contributed by atoms with Crippen LogP contribution in [0.15, 0.2) is 47.4 Å². The second-order valence-electron chi connectivity index (χ2n) is 6.32. The number of nitrogens with zero attached hydrogens (tertiary/aromatic N) is 2. The number of hydrogen-bond acceptors (Lipinski definition) is 4. The van der Waals surface area contributed by atoms with E-state index in [1.165, 1.54) is 4.90 Å². The lowest BCUT2D eigenvalue weighted by molar-refractivity contribution is -0.274. The minimum atomic E-state index is -4.86. The summed E-state index contributed by atoms with van der Waals surface area (Å²) in [6.45, 7) is -0.516. The Morgan fingerprint density at radius 1 is 0.900 bits per heavy atom. The number of halogens is 5. The predicted molar refractivity (Wildman–Crippen MR) is 94.1 cm³/mol. The van der Waals surface area contributed by atoms with Crippen molar-refractivity contribution in [3.63, 3.8) is 0 Å². The molecule has 1 aliphatic rings. The Labute approximate surface area is 168 Å². The van der Waals surface area contributed by atoms with Crippen molar-refractivity contribution < 1.29 is 39.9 Å². The Morgan fingerprint density at radius 3 is 1.93 bits per heavy atom. The van der Waals surface area contributed by atoms with Crippen molar-refractivity contribution >= 4 is 15.9 Å². The van der Waals surface area contributed by atoms with Crippen molar-refractivity contribution in [1.82, 2.24) is 9.21 Å². The Hall–Kier alpha value is -2.73. The molecule has 1 amide bonds. The average Bonchev–Trinajstić information content (AvgIpc) is 2.66. The maximum atomic E-state index is 13.9. The van der Waals surface area contributed by atoms with Gasteiger partial charge in [-0.1, -0.05) is 6.07 Å². The standard InChI is InChI=1S/C18H15F5N2O4S/c19-14-2-1-3-15(20)16(14)30(27,28)25-10-8-24(9-11-25)17(26)12-4-6-13(7-5-12)29-18(21,22)23/h1-7H,8-11H2. The Kier molecular flexibility index (Phi) is 5.99. The highest BCUT2D eigenvalue weighted by Crippen LogP contribution is 2.25. The van der Waals surface area contributed by atoms with Gasteiger partial charge in [-0.2, -0.15) is 4.31 Å². The molecule has 12 heteroatoms. The number of alkyl halides is 3. The molecule has 0 unspecified atom stereocenters. The molecule has 0 bridgehead atoms. The van der Waals surface area contributed by atoms with Gasteiger partial charge in [-0.3, -0.25) is 4.79 Å². The Morgan fingerprint density at radius 2 is 1.43 bits per heavy atom. The molecule has 162 valence electrons. The molecule has 0 saturated carbocycles. The van der Waals surface area contributed by atoms with E-state index in [9.17, 15) is 35.2 Å². The summed E-state index contributed by atoms with van der Waals surface area (Å²) < 4.78 is 94.1. The number of rotatable bonds is 4. The SMILES string of the molecule is O=C(c1ccc(OC(F)(F)F)cc1)N1CCN(S(=O)(=O)c2c(F)cccc2F)CC1. The van der Waals surface area contributed by atoms with Gasteiger partial charge >= 0.3 is 6.36 Å². The fourth-order valence-corrected chi connectivity index (χ4v) is 4.50. The number of ether oxygens (including phenoxy) is 1. The van der Waals surface area contributed by atoms with Gasteiger partial charge in [0, 0.05) is 31.7 Å². The molecule has 3 rings (SSSR count). The van der Waals surface area contributed by atoms with Gasteiger partial charge in [0.1, 0.15) is 17.4 Å². The monoisotopic (exact) mass is 450 g/mol. The van der Waals surface area contributed by atoms with E-state index in [0.717, 1.165) is 46.8 Å². The van der Waals surface area contributed by atoms with Gasteiger partial charge in [0.2, 0.25) is 10.0 Å². The molecule has 0 radical (unpaired) electrons. The van der Waals surface area contributed by atoms with Gasteiger partial charge in [0.05, 0.1) is 0 Å². The van der Waals surface area contributed by atoms with Gasteiger partial charge in [0.15, 0.2) is 4.90 Å². The molecular formula is C18H15F5N2O4S. The van der Waals surface area contributed by atoms with Crippen LogP contribution in [-0.2, 0) is 10.0 Å². The van der Waals surface area contributed by atoms with E-state index in [4.69, 9.17) is 0 Å². The first kappa shape index (κ1) is 22.0. The van der Waals surface area contributed by atoms with Crippen molar-refractivity contribution in [2.45, 2.75) is 11.3 Å². The number of sulfonamides is 1. The van der Waals surface area contributed by atoms with Gasteiger partial charge in [-0.15, -0.1) is 13.2 Å². The predicted octanol–water partition coefficient (Wildman–Crippen LogP) is 3.01. The topological polar surface area (TPSA) is 66.9 Å². The number of carbonyl (C=O) groups excluding carboxylic acids is 1. The van der Waals surface area contributed by atoms with Crippen LogP contribution in [-0.4, -0.2) is 56.1 Å². The maximum Gasteiger partial charge on any atom is 0.573 e. The van der Waals surface area contributed by atoms with Crippen LogP contribution in [0.5, 0.6) is 5.75 Å². The van der Waals surface area contributed by atoms with Crippen LogP contribution in [0.4, 0.5) is 22.0 Å². The summed E-state index contributed by atoms with van der Waals surface area (Å²) >= 11 is 0. The zero-order valence-corrected chi connectivity index (χ0v) is 16.0. The molecule has 0 N–H and O–H groups in total. The summed E-state index contributed by atoms with van der Waals surface area (Å²) in [5.41, 5.74) is 0.0842. The fourth-order valence-electron chi connectivity index (χ4n) is 2.97. The molecule has 0 aliphatic carbocycles. The zero-order valence-electron chi connectivity index (χ0n) is 15.2. The Bertz CT molecular complexity index is 1010. The minimum Gasteiger partial charge on any atom is -0.406 e. The number of carbonyl (C=O) groups is 1. The van der Waals surface area contributed by atoms with Crippen LogP contribution in [0.2, 0.25) is 0 Å². The summed E-state index contributed by atoms with van der Waals surface area (Å²) in [4.78, 5) is 12.7. The lowest BCUT2D eigenvalue weighted by Gasteiger charge is -2.34. The largest absolute Gasteiger partial charge is 0.573 e. The van der Waals surface area contributed by atoms with Crippen LogP contribution in [0.25, 0.3) is 0 Å². The highest BCUT2D eigenvalue weighted by atomic mass is 32.2. The van der Waals surface area contributed by atoms with Crippen molar-refractivity contribution in [1.29, 1.82) is 0 Å². The highest BCUT2D eigenvalue weighted by Gasteiger charge is 2.34. The summed E-state index contributed by atoms with van der Waals surface area (Å²) in [6, 6.07) is 7.00. The normalized spacial score (nSPS) is 15.8. The average molecular weight is 450 g/mol. The van der Waals surface area contributed by atoms with Crippen LogP contribution in [0.1, 0.15) is 10.4 Å². The van der Waals surface area contributed by atoms with E-state index in [1.807, 2.05) is 0 Å². The lowest BCUT2D eigenvalue weighted by atomic mass is 10.2. The molecule has 0 aromatic heterocycles. The van der Waals surface area contributed by atoms with Crippen LogP contribution in [0, 0.1) is 11.6 Å². The molecule has 1 heterocycles. The molecular weight excluding hydrogens is 435 g/mol. The number of benzene rings is 2. The smallest absolute Gasteiger partial charge is 0.406 e. The number of hydrogen-bond donors (Lipinski definition) is 0. The minimum absolute atomic E-state index is 0.0606. The molecule has 6 nitrogen and oxygen atoms in total. The van der Waals surface area contributed by atoms with E-state index in [0.29, 0.717) is 0 Å². The molecule has 2 aromatic rings. The fraction of sp³-hybridized carbons (Fsp3) is 0.278. The molecule has 0 atom stereocenters. The number of amides is 1. The molecule has 1 aliphatic heterocycles. The van der Waals surface area contributed by atoms with Gasteiger partial charge in [0.25, 0.3) is 5.91 Å². The highest BCUT2D eigenvalue weighted by molar-refractivity contribution is 7.89. The van der Waals surface area contributed by atoms with Gasteiger partial charge in [-0.25, -0.2) is 17.2 Å². The van der Waals surface area contributed by atoms with Crippen LogP contribution < -0.4 is 4.74 Å². The first-order valence-electron chi connectivity index (χ1n) is 8.58. The van der Waals surface area contributed by atoms with E-state index in [2.05, 4.69) is 4.74 Å². The van der Waals surface area contributed by atoms with Crippen LogP contribution in [0.3, 0.4) is 0 Å². The first-order chi connectivity index (χ1) is 14.0. The zero-order chi connectivity index (χ0) is 22.1. The quantitative estimate of drug-likeness (QED) is 0.672. The van der Waals surface area contributed by atoms with Crippen molar-refractivity contribution in [3.8, 4) is 5.75 Å². The van der Waals surface area contributed by atoms with Crippen molar-refractivity contribution in [3.05, 3.63) is 59.7 Å². The van der Waals surface area contributed by atoms with Crippen molar-refractivity contribution in [2.75, 3.05) is 26.2 Å². The maximum absolute atomic E-state index is 13.9. The molecule has 1 saturated heterocycles. The van der Waals surface area contributed by atoms with E-state index < -0.39 is 44.6 Å². The third kappa shape index (κ3) is 4.70. The van der Waals surface area contributed by atoms with Gasteiger partial charge < -0.3 is 9.64 Å². The first-order valence-corrected chi connectivity index (χ1v) is 10.0. The molecule has 0 spiro atoms. The van der Waals surface area contributed by atoms with Crippen molar-refractivity contribution in [2.24, 2.45) is 0 Å². The number of piperazine rings is 1. The second kappa shape index (κ2) is 8.19. The molecule has 1 fully saturated rings. The summed E-state index contributed by atoms with van der Waals surface area (Å²) in [7, 11) is -4.44. The molecule has 30 heavy (non-hydrogen) atoms. The van der Waals surface area contributed by atoms with Gasteiger partial charge in [-0.05, 0) is 36.4 Å². The van der Waals surface area contributed by atoms with Crippen LogP contribution >= 0.6 is 0 Å². The third-order valence-corrected chi connectivity index (χ3v) is 6.33. The molecule has 2 aromatic carbocycles. The summed E-state index contributed by atoms with van der Waals surface area (Å²) in [5, 5.41) is 0. The summed E-state index contributed by atoms with van der Waals surface area (Å²) in [6.07, 6.45) is -4.86.